The van der Waals surface area contributed by atoms with Gasteiger partial charge in [-0.3, -0.25) is 9.59 Å². The molecule has 1 saturated heterocycles. The van der Waals surface area contributed by atoms with Crippen LogP contribution in [0.4, 0.5) is 9.80 Å². The van der Waals surface area contributed by atoms with Crippen molar-refractivity contribution in [3.05, 3.63) is 16.0 Å². The van der Waals surface area contributed by atoms with Crippen molar-refractivity contribution in [3.8, 4) is 0 Å². The van der Waals surface area contributed by atoms with Crippen LogP contribution in [-0.4, -0.2) is 47.5 Å². The number of carbonyl (C=O) groups is 3. The molecular weight excluding hydrogens is 324 g/mol. The van der Waals surface area contributed by atoms with E-state index in [2.05, 4.69) is 5.32 Å². The Bertz CT molecular complexity index is 612. The summed E-state index contributed by atoms with van der Waals surface area (Å²) in [5.41, 5.74) is 1.21. The Labute approximate surface area is 137 Å². The van der Waals surface area contributed by atoms with Gasteiger partial charge in [0.25, 0.3) is 5.24 Å². The van der Waals surface area contributed by atoms with E-state index in [1.165, 1.54) is 28.0 Å². The zero-order valence-corrected chi connectivity index (χ0v) is 14.4. The fourth-order valence-electron chi connectivity index (χ4n) is 2.07. The molecule has 1 aliphatic heterocycles. The van der Waals surface area contributed by atoms with Crippen LogP contribution in [0.1, 0.15) is 27.7 Å². The molecule has 0 atom stereocenters. The molecule has 6 nitrogen and oxygen atoms in total. The van der Waals surface area contributed by atoms with Gasteiger partial charge in [0, 0.05) is 17.2 Å². The van der Waals surface area contributed by atoms with E-state index in [9.17, 15) is 14.4 Å². The van der Waals surface area contributed by atoms with E-state index in [0.717, 1.165) is 10.4 Å². The number of esters is 1. The van der Waals surface area contributed by atoms with Crippen molar-refractivity contribution in [2.24, 2.45) is 0 Å². The zero-order chi connectivity index (χ0) is 16.3. The summed E-state index contributed by atoms with van der Waals surface area (Å²) in [6.07, 6.45) is 0. The van der Waals surface area contributed by atoms with Crippen molar-refractivity contribution in [2.45, 2.75) is 20.8 Å². The number of hydrogen-bond donors (Lipinski definition) is 1. The standard InChI is InChI=1S/C14H18N2O4S2/c1-4-20-13(18)11-8(2)9(3)22-12(11)15-10(17)7-16-5-6-21-14(16)19/h4-7H2,1-3H3,(H,15,17). The first-order valence-electron chi connectivity index (χ1n) is 6.92. The van der Waals surface area contributed by atoms with Gasteiger partial charge in [0.05, 0.1) is 12.2 Å². The minimum absolute atomic E-state index is 0.00406. The lowest BCUT2D eigenvalue weighted by Gasteiger charge is -2.14. The molecule has 0 spiro atoms. The first kappa shape index (κ1) is 16.8. The summed E-state index contributed by atoms with van der Waals surface area (Å²) in [7, 11) is 0. The molecule has 2 rings (SSSR count). The van der Waals surface area contributed by atoms with Crippen LogP contribution in [-0.2, 0) is 9.53 Å². The summed E-state index contributed by atoms with van der Waals surface area (Å²) in [6, 6.07) is 0. The molecule has 0 aromatic carbocycles. The highest BCUT2D eigenvalue weighted by Gasteiger charge is 2.26. The Morgan fingerprint density at radius 1 is 1.36 bits per heavy atom. The fourth-order valence-corrected chi connectivity index (χ4v) is 3.96. The second kappa shape index (κ2) is 7.15. The third kappa shape index (κ3) is 3.61. The smallest absolute Gasteiger partial charge is 0.341 e. The van der Waals surface area contributed by atoms with Crippen molar-refractivity contribution in [3.63, 3.8) is 0 Å². The topological polar surface area (TPSA) is 75.7 Å². The number of thiophene rings is 1. The van der Waals surface area contributed by atoms with Crippen LogP contribution in [0, 0.1) is 13.8 Å². The van der Waals surface area contributed by atoms with Gasteiger partial charge in [-0.1, -0.05) is 11.8 Å². The summed E-state index contributed by atoms with van der Waals surface area (Å²) in [5.74, 6) is -0.0349. The Morgan fingerprint density at radius 2 is 2.09 bits per heavy atom. The Balaban J connectivity index is 2.11. The number of aryl methyl sites for hydroxylation is 1. The number of nitrogens with one attached hydrogen (secondary N) is 1. The van der Waals surface area contributed by atoms with E-state index in [1.807, 2.05) is 13.8 Å². The molecule has 1 N–H and O–H groups in total. The van der Waals surface area contributed by atoms with Crippen LogP contribution in [0.3, 0.4) is 0 Å². The number of hydrogen-bond acceptors (Lipinski definition) is 6. The van der Waals surface area contributed by atoms with E-state index in [0.29, 0.717) is 22.9 Å². The predicted octanol–water partition coefficient (Wildman–Crippen LogP) is 2.65. The lowest BCUT2D eigenvalue weighted by atomic mass is 10.1. The van der Waals surface area contributed by atoms with Gasteiger partial charge in [-0.15, -0.1) is 11.3 Å². The molecule has 8 heteroatoms. The molecule has 1 aliphatic rings. The lowest BCUT2D eigenvalue weighted by Crippen LogP contribution is -2.33. The number of anilines is 1. The fraction of sp³-hybridized carbons (Fsp3) is 0.500. The number of thioether (sulfide) groups is 1. The quantitative estimate of drug-likeness (QED) is 0.833. The predicted molar refractivity (Wildman–Crippen MR) is 87.8 cm³/mol. The minimum Gasteiger partial charge on any atom is -0.462 e. The number of ether oxygens (including phenoxy) is 1. The largest absolute Gasteiger partial charge is 0.462 e. The van der Waals surface area contributed by atoms with Gasteiger partial charge in [-0.2, -0.15) is 0 Å². The summed E-state index contributed by atoms with van der Waals surface area (Å²) >= 11 is 2.55. The maximum Gasteiger partial charge on any atom is 0.341 e. The molecular formula is C14H18N2O4S2. The monoisotopic (exact) mass is 342 g/mol. The summed E-state index contributed by atoms with van der Waals surface area (Å²) in [6.45, 7) is 6.31. The highest BCUT2D eigenvalue weighted by Crippen LogP contribution is 2.33. The molecule has 1 fully saturated rings. The van der Waals surface area contributed by atoms with Gasteiger partial charge in [-0.25, -0.2) is 4.79 Å². The van der Waals surface area contributed by atoms with Crippen LogP contribution >= 0.6 is 23.1 Å². The van der Waals surface area contributed by atoms with Gasteiger partial charge >= 0.3 is 5.97 Å². The SMILES string of the molecule is CCOC(=O)c1c(NC(=O)CN2CCSC2=O)sc(C)c1C. The summed E-state index contributed by atoms with van der Waals surface area (Å²) in [5, 5.41) is 3.13. The zero-order valence-electron chi connectivity index (χ0n) is 12.7. The van der Waals surface area contributed by atoms with Crippen molar-refractivity contribution in [1.29, 1.82) is 0 Å². The third-order valence-corrected chi connectivity index (χ3v) is 5.31. The minimum atomic E-state index is -0.438. The van der Waals surface area contributed by atoms with E-state index in [4.69, 9.17) is 4.74 Å². The van der Waals surface area contributed by atoms with E-state index < -0.39 is 5.97 Å². The summed E-state index contributed by atoms with van der Waals surface area (Å²) in [4.78, 5) is 38.1. The Kier molecular flexibility index (Phi) is 5.47. The first-order chi connectivity index (χ1) is 10.4. The molecule has 2 heterocycles. The number of rotatable bonds is 5. The van der Waals surface area contributed by atoms with E-state index in [1.54, 1.807) is 6.92 Å². The average Bonchev–Trinajstić information content (AvgIpc) is 2.95. The van der Waals surface area contributed by atoms with Crippen molar-refractivity contribution in [2.75, 3.05) is 30.8 Å². The average molecular weight is 342 g/mol. The highest BCUT2D eigenvalue weighted by atomic mass is 32.2. The molecule has 120 valence electrons. The van der Waals surface area contributed by atoms with Gasteiger partial charge < -0.3 is 15.0 Å². The van der Waals surface area contributed by atoms with Crippen molar-refractivity contribution < 1.29 is 19.1 Å². The van der Waals surface area contributed by atoms with Crippen molar-refractivity contribution in [1.82, 2.24) is 4.90 Å². The van der Waals surface area contributed by atoms with Crippen LogP contribution in [0.5, 0.6) is 0 Å². The van der Waals surface area contributed by atoms with Gasteiger partial charge in [0.1, 0.15) is 11.5 Å². The molecule has 22 heavy (non-hydrogen) atoms. The summed E-state index contributed by atoms with van der Waals surface area (Å²) < 4.78 is 5.04. The van der Waals surface area contributed by atoms with Crippen LogP contribution in [0.15, 0.2) is 0 Å². The van der Waals surface area contributed by atoms with Crippen molar-refractivity contribution >= 4 is 45.2 Å². The Hall–Kier alpha value is -1.54. The maximum atomic E-state index is 12.1. The molecule has 0 aliphatic carbocycles. The van der Waals surface area contributed by atoms with Gasteiger partial charge in [-0.05, 0) is 26.3 Å². The van der Waals surface area contributed by atoms with Gasteiger partial charge in [0.2, 0.25) is 5.91 Å². The molecule has 0 bridgehead atoms. The molecule has 2 amide bonds. The first-order valence-corrected chi connectivity index (χ1v) is 8.73. The maximum absolute atomic E-state index is 12.1. The van der Waals surface area contributed by atoms with Crippen LogP contribution < -0.4 is 5.32 Å². The molecule has 0 saturated carbocycles. The Morgan fingerprint density at radius 3 is 2.68 bits per heavy atom. The second-order valence-electron chi connectivity index (χ2n) is 4.79. The second-order valence-corrected chi connectivity index (χ2v) is 7.06. The highest BCUT2D eigenvalue weighted by molar-refractivity contribution is 8.13. The molecule has 0 radical (unpaired) electrons. The third-order valence-electron chi connectivity index (χ3n) is 3.30. The van der Waals surface area contributed by atoms with E-state index in [-0.39, 0.29) is 24.3 Å². The number of carbonyl (C=O) groups excluding carboxylic acids is 3. The van der Waals surface area contributed by atoms with Crippen LogP contribution in [0.2, 0.25) is 0 Å². The molecule has 1 aromatic rings. The molecule has 1 aromatic heterocycles. The normalized spacial score (nSPS) is 14.3. The number of nitrogens with zero attached hydrogens (tertiary/aromatic N) is 1. The molecule has 0 unspecified atom stereocenters. The van der Waals surface area contributed by atoms with E-state index >= 15 is 0 Å². The van der Waals surface area contributed by atoms with Crippen LogP contribution in [0.25, 0.3) is 0 Å². The number of amides is 2. The van der Waals surface area contributed by atoms with Gasteiger partial charge in [0.15, 0.2) is 0 Å². The lowest BCUT2D eigenvalue weighted by molar-refractivity contribution is -0.116.